The van der Waals surface area contributed by atoms with Gasteiger partial charge in [0.25, 0.3) is 0 Å². The normalized spacial score (nSPS) is 11.8. The predicted octanol–water partition coefficient (Wildman–Crippen LogP) is 2.20. The van der Waals surface area contributed by atoms with E-state index in [1.807, 2.05) is 0 Å². The zero-order valence-electron chi connectivity index (χ0n) is 2.40. The zero-order valence-corrected chi connectivity index (χ0v) is 4.05. The highest BCUT2D eigenvalue weighted by Gasteiger charge is 2.18. The van der Waals surface area contributed by atoms with Crippen molar-refractivity contribution in [2.24, 2.45) is 0 Å². The lowest BCUT2D eigenvalue weighted by atomic mass is 15.9. The monoisotopic (exact) mass is 136 g/mol. The molecule has 0 amide bonds. The van der Waals surface area contributed by atoms with E-state index in [1.54, 1.807) is 0 Å². The molecule has 0 atom stereocenters. The quantitative estimate of drug-likeness (QED) is 0.517. The Morgan fingerprint density at radius 2 is 1.83 bits per heavy atom. The molecule has 0 aromatic rings. The van der Waals surface area contributed by atoms with Crippen LogP contribution in [0.2, 0.25) is 0 Å². The van der Waals surface area contributed by atoms with Crippen LogP contribution in [0.3, 0.4) is 0 Å². The summed E-state index contributed by atoms with van der Waals surface area (Å²) in [4.78, 5) is 0. The van der Waals surface area contributed by atoms with Crippen LogP contribution in [0.5, 0.6) is 0 Å². The molecule has 0 spiro atoms. The Morgan fingerprint density at radius 1 is 1.67 bits per heavy atom. The highest BCUT2D eigenvalue weighted by molar-refractivity contribution is 7.48. The van der Waals surface area contributed by atoms with Crippen molar-refractivity contribution in [1.82, 2.24) is 0 Å². The fourth-order valence-corrected chi connectivity index (χ4v) is 0. The summed E-state index contributed by atoms with van der Waals surface area (Å²) in [6.07, 6.45) is 0. The van der Waals surface area contributed by atoms with E-state index in [0.29, 0.717) is 0 Å². The predicted molar refractivity (Wildman–Crippen MR) is 16.8 cm³/mol. The molecular weight excluding hydrogens is 136 g/mol. The zero-order chi connectivity index (χ0) is 5.21. The van der Waals surface area contributed by atoms with Crippen LogP contribution in [0.25, 0.3) is 0 Å². The Hall–Kier alpha value is 0.340. The Labute approximate surface area is 37.9 Å². The fourth-order valence-electron chi connectivity index (χ4n) is 0. The van der Waals surface area contributed by atoms with E-state index in [1.165, 1.54) is 0 Å². The first-order chi connectivity index (χ1) is 2.56. The van der Waals surface area contributed by atoms with Crippen LogP contribution in [0.15, 0.2) is 0 Å². The molecule has 0 bridgehead atoms. The van der Waals surface area contributed by atoms with Crippen LogP contribution in [-0.4, -0.2) is 0 Å². The Balaban J connectivity index is 3.48. The second-order valence-electron chi connectivity index (χ2n) is 0.483. The maximum Gasteiger partial charge on any atom is 0.568 e. The van der Waals surface area contributed by atoms with Crippen molar-refractivity contribution in [2.45, 2.75) is 0 Å². The molecule has 6 heavy (non-hydrogen) atoms. The molecule has 2 nitrogen and oxygen atoms in total. The molecule has 0 aliphatic carbocycles. The summed E-state index contributed by atoms with van der Waals surface area (Å²) in [7, 11) is -5.38. The van der Waals surface area contributed by atoms with E-state index >= 15 is 0 Å². The molecule has 0 saturated heterocycles. The summed E-state index contributed by atoms with van der Waals surface area (Å²) in [5.41, 5.74) is 0. The average Bonchev–Trinajstić information content (AvgIpc) is 1.35. The minimum absolute atomic E-state index is 2.63. The lowest BCUT2D eigenvalue weighted by molar-refractivity contribution is 0.399. The van der Waals surface area contributed by atoms with Crippen LogP contribution in [0, 0.1) is 0 Å². The topological polar surface area (TPSA) is 26.3 Å². The lowest BCUT2D eigenvalue weighted by Gasteiger charge is -1.82. The first-order valence-corrected chi connectivity index (χ1v) is 2.57. The highest BCUT2D eigenvalue weighted by atomic mass is 35.5. The van der Waals surface area contributed by atoms with Crippen LogP contribution in [0.1, 0.15) is 0 Å². The molecule has 0 aromatic carbocycles. The summed E-state index contributed by atoms with van der Waals surface area (Å²) < 4.78 is 32.8. The van der Waals surface area contributed by atoms with E-state index in [-0.39, 0.29) is 0 Å². The minimum atomic E-state index is -5.38. The molecule has 0 fully saturated rings. The summed E-state index contributed by atoms with van der Waals surface area (Å²) in [5.74, 6) is 0. The van der Waals surface area contributed by atoms with Crippen molar-refractivity contribution < 1.29 is 17.0 Å². The third-order valence-corrected chi connectivity index (χ3v) is 0.723. The van der Waals surface area contributed by atoms with E-state index in [4.69, 9.17) is 4.57 Å². The first kappa shape index (κ1) is 6.34. The van der Waals surface area contributed by atoms with Crippen molar-refractivity contribution in [2.75, 3.05) is 0 Å². The van der Waals surface area contributed by atoms with Crippen LogP contribution in [-0.2, 0) is 8.64 Å². The van der Waals surface area contributed by atoms with E-state index in [9.17, 15) is 8.39 Å². The molecule has 0 unspecified atom stereocenters. The van der Waals surface area contributed by atoms with Gasteiger partial charge >= 0.3 is 7.99 Å². The summed E-state index contributed by atoms with van der Waals surface area (Å²) >= 11 is 3.96. The van der Waals surface area contributed by atoms with Crippen molar-refractivity contribution >= 4 is 19.9 Å². The Kier molecular flexibility index (Phi) is 1.97. The molecule has 38 valence electrons. The van der Waals surface area contributed by atoms with Crippen molar-refractivity contribution in [3.8, 4) is 0 Å². The summed E-state index contributed by atoms with van der Waals surface area (Å²) in [5, 5.41) is 0. The van der Waals surface area contributed by atoms with E-state index < -0.39 is 7.99 Å². The second kappa shape index (κ2) is 1.87. The van der Waals surface area contributed by atoms with Gasteiger partial charge in [-0.1, -0.05) is 0 Å². The van der Waals surface area contributed by atoms with E-state index in [2.05, 4.69) is 15.9 Å². The third kappa shape index (κ3) is 4.34. The molecule has 0 aromatic heterocycles. The number of hydrogen-bond acceptors (Lipinski definition) is 2. The van der Waals surface area contributed by atoms with Gasteiger partial charge in [-0.05, 0) is 0 Å². The maximum absolute atomic E-state index is 10.7. The summed E-state index contributed by atoms with van der Waals surface area (Å²) in [6.45, 7) is 0. The van der Waals surface area contributed by atoms with Gasteiger partial charge < -0.3 is 0 Å². The molecule has 0 aliphatic heterocycles. The fraction of sp³-hybridized carbons (Fsp3) is 0. The molecule has 0 rings (SSSR count). The van der Waals surface area contributed by atoms with Gasteiger partial charge in [0.1, 0.15) is 0 Å². The van der Waals surface area contributed by atoms with Crippen LogP contribution < -0.4 is 0 Å². The lowest BCUT2D eigenvalue weighted by Crippen LogP contribution is -1.52. The second-order valence-corrected chi connectivity index (χ2v) is 1.86. The number of hydrogen-bond donors (Lipinski definition) is 0. The van der Waals surface area contributed by atoms with Crippen LogP contribution in [0.4, 0.5) is 8.39 Å². The van der Waals surface area contributed by atoms with E-state index in [0.717, 1.165) is 0 Å². The van der Waals surface area contributed by atoms with Gasteiger partial charge in [0.05, 0.1) is 11.9 Å². The standard InChI is InChI=1S/ClF2O2P/c1-5-6(2,3)4. The van der Waals surface area contributed by atoms with Crippen molar-refractivity contribution in [1.29, 1.82) is 0 Å². The van der Waals surface area contributed by atoms with Gasteiger partial charge in [-0.25, -0.2) is 4.57 Å². The van der Waals surface area contributed by atoms with Crippen molar-refractivity contribution in [3.05, 3.63) is 0 Å². The summed E-state index contributed by atoms with van der Waals surface area (Å²) in [6, 6.07) is 0. The van der Waals surface area contributed by atoms with Gasteiger partial charge in [0.15, 0.2) is 0 Å². The Morgan fingerprint density at radius 3 is 1.83 bits per heavy atom. The smallest absolute Gasteiger partial charge is 0.217 e. The highest BCUT2D eigenvalue weighted by Crippen LogP contribution is 2.51. The molecule has 0 aliphatic rings. The Bertz CT molecular complexity index is 75.6. The average molecular weight is 136 g/mol. The molecule has 6 heteroatoms. The van der Waals surface area contributed by atoms with Gasteiger partial charge in [0, 0.05) is 0 Å². The molecule has 0 saturated carbocycles. The molecular formula is ClF2O2P. The minimum Gasteiger partial charge on any atom is -0.217 e. The van der Waals surface area contributed by atoms with Gasteiger partial charge in [0.2, 0.25) is 0 Å². The van der Waals surface area contributed by atoms with Crippen LogP contribution >= 0.6 is 19.9 Å². The van der Waals surface area contributed by atoms with Gasteiger partial charge in [-0.15, -0.1) is 8.39 Å². The van der Waals surface area contributed by atoms with Crippen molar-refractivity contribution in [3.63, 3.8) is 0 Å². The SMILES string of the molecule is O=P(F)(F)OCl. The first-order valence-electron chi connectivity index (χ1n) is 0.858. The third-order valence-electron chi connectivity index (χ3n) is 0.0803. The molecule has 0 N–H and O–H groups in total. The molecule has 0 heterocycles. The van der Waals surface area contributed by atoms with Gasteiger partial charge in [-0.3, -0.25) is 0 Å². The maximum atomic E-state index is 10.7. The number of rotatable bonds is 1. The largest absolute Gasteiger partial charge is 0.568 e. The number of halogens is 3. The molecule has 0 radical (unpaired) electrons. The van der Waals surface area contributed by atoms with Gasteiger partial charge in [-0.2, -0.15) is 4.08 Å².